The number of rotatable bonds is 4. The normalized spacial score (nSPS) is 14.4. The number of amides is 1. The van der Waals surface area contributed by atoms with Crippen LogP contribution >= 0.6 is 11.6 Å². The van der Waals surface area contributed by atoms with Gasteiger partial charge in [0, 0.05) is 50.1 Å². The minimum atomic E-state index is -0.0674. The van der Waals surface area contributed by atoms with Crippen LogP contribution in [0.25, 0.3) is 5.69 Å². The Morgan fingerprint density at radius 2 is 1.80 bits per heavy atom. The predicted octanol–water partition coefficient (Wildman–Crippen LogP) is 3.71. The maximum atomic E-state index is 12.9. The number of hydrogen-bond donors (Lipinski definition) is 0. The van der Waals surface area contributed by atoms with Crippen LogP contribution in [0.2, 0.25) is 5.02 Å². The average Bonchev–Trinajstić information content (AvgIpc) is 3.23. The van der Waals surface area contributed by atoms with Gasteiger partial charge in [-0.2, -0.15) is 5.10 Å². The molecule has 1 aliphatic rings. The molecule has 0 radical (unpaired) electrons. The van der Waals surface area contributed by atoms with Crippen molar-refractivity contribution in [3.05, 3.63) is 64.8 Å². The Morgan fingerprint density at radius 3 is 2.50 bits per heavy atom. The van der Waals surface area contributed by atoms with Crippen molar-refractivity contribution in [2.45, 2.75) is 26.7 Å². The minimum Gasteiger partial charge on any atom is -0.353 e. The van der Waals surface area contributed by atoms with E-state index in [0.717, 1.165) is 36.1 Å². The van der Waals surface area contributed by atoms with Crippen molar-refractivity contribution in [2.75, 3.05) is 31.1 Å². The second-order valence-corrected chi connectivity index (χ2v) is 8.16. The van der Waals surface area contributed by atoms with Crippen LogP contribution in [0.5, 0.6) is 0 Å². The second kappa shape index (κ2) is 8.44. The SMILES string of the molecule is Cc1cc(N2CCN(C(=O)c3ccn(-c4ccccc4Cl)n3)CC2)nc(C(C)C)n1. The predicted molar refractivity (Wildman–Crippen MR) is 118 cm³/mol. The van der Waals surface area contributed by atoms with E-state index in [1.807, 2.05) is 36.1 Å². The number of benzene rings is 1. The van der Waals surface area contributed by atoms with Crippen LogP contribution in [0.1, 0.15) is 41.8 Å². The summed E-state index contributed by atoms with van der Waals surface area (Å²) in [5, 5.41) is 5.03. The number of aromatic nitrogens is 4. The van der Waals surface area contributed by atoms with E-state index in [1.54, 1.807) is 23.0 Å². The smallest absolute Gasteiger partial charge is 0.274 e. The van der Waals surface area contributed by atoms with Gasteiger partial charge >= 0.3 is 0 Å². The van der Waals surface area contributed by atoms with Crippen molar-refractivity contribution < 1.29 is 4.79 Å². The number of halogens is 1. The van der Waals surface area contributed by atoms with Crippen LogP contribution in [0, 0.1) is 6.92 Å². The third kappa shape index (κ3) is 4.16. The third-order valence-corrected chi connectivity index (χ3v) is 5.49. The van der Waals surface area contributed by atoms with E-state index in [-0.39, 0.29) is 11.8 Å². The summed E-state index contributed by atoms with van der Waals surface area (Å²) in [6.45, 7) is 8.88. The molecule has 30 heavy (non-hydrogen) atoms. The Labute approximate surface area is 181 Å². The monoisotopic (exact) mass is 424 g/mol. The van der Waals surface area contributed by atoms with Gasteiger partial charge in [-0.15, -0.1) is 0 Å². The molecule has 0 unspecified atom stereocenters. The molecule has 0 spiro atoms. The third-order valence-electron chi connectivity index (χ3n) is 5.17. The molecule has 0 bridgehead atoms. The molecule has 0 N–H and O–H groups in total. The van der Waals surface area contributed by atoms with E-state index in [0.29, 0.717) is 23.8 Å². The number of carbonyl (C=O) groups excluding carboxylic acids is 1. The van der Waals surface area contributed by atoms with Crippen molar-refractivity contribution in [3.63, 3.8) is 0 Å². The Balaban J connectivity index is 1.44. The minimum absolute atomic E-state index is 0.0674. The van der Waals surface area contributed by atoms with Gasteiger partial charge in [0.2, 0.25) is 0 Å². The van der Waals surface area contributed by atoms with E-state index < -0.39 is 0 Å². The van der Waals surface area contributed by atoms with Gasteiger partial charge in [0.05, 0.1) is 10.7 Å². The lowest BCUT2D eigenvalue weighted by molar-refractivity contribution is 0.0740. The second-order valence-electron chi connectivity index (χ2n) is 7.76. The number of anilines is 1. The molecule has 1 aromatic carbocycles. The first kappa shape index (κ1) is 20.3. The molecule has 3 aromatic rings. The van der Waals surface area contributed by atoms with Crippen LogP contribution < -0.4 is 4.90 Å². The summed E-state index contributed by atoms with van der Waals surface area (Å²) in [7, 11) is 0. The number of carbonyl (C=O) groups is 1. The van der Waals surface area contributed by atoms with Gasteiger partial charge in [-0.3, -0.25) is 4.79 Å². The molecule has 1 saturated heterocycles. The van der Waals surface area contributed by atoms with Gasteiger partial charge in [-0.25, -0.2) is 14.6 Å². The summed E-state index contributed by atoms with van der Waals surface area (Å²) >= 11 is 6.24. The van der Waals surface area contributed by atoms with Gasteiger partial charge in [0.25, 0.3) is 5.91 Å². The number of piperazine rings is 1. The van der Waals surface area contributed by atoms with Gasteiger partial charge < -0.3 is 9.80 Å². The van der Waals surface area contributed by atoms with E-state index in [9.17, 15) is 4.79 Å². The zero-order valence-corrected chi connectivity index (χ0v) is 18.2. The van der Waals surface area contributed by atoms with E-state index in [2.05, 4.69) is 28.8 Å². The topological polar surface area (TPSA) is 67.2 Å². The molecule has 8 heteroatoms. The summed E-state index contributed by atoms with van der Waals surface area (Å²) in [5.41, 5.74) is 2.14. The van der Waals surface area contributed by atoms with Crippen LogP contribution in [0.4, 0.5) is 5.82 Å². The summed E-state index contributed by atoms with van der Waals surface area (Å²) in [5.74, 6) is 2.00. The molecule has 0 atom stereocenters. The fourth-order valence-corrected chi connectivity index (χ4v) is 3.73. The average molecular weight is 425 g/mol. The van der Waals surface area contributed by atoms with E-state index >= 15 is 0 Å². The lowest BCUT2D eigenvalue weighted by Crippen LogP contribution is -2.49. The number of hydrogen-bond acceptors (Lipinski definition) is 5. The van der Waals surface area contributed by atoms with Crippen LogP contribution in [-0.2, 0) is 0 Å². The highest BCUT2D eigenvalue weighted by Gasteiger charge is 2.25. The van der Waals surface area contributed by atoms with Crippen LogP contribution in [-0.4, -0.2) is 56.7 Å². The summed E-state index contributed by atoms with van der Waals surface area (Å²) in [4.78, 5) is 26.2. The molecule has 7 nitrogen and oxygen atoms in total. The largest absolute Gasteiger partial charge is 0.353 e. The maximum absolute atomic E-state index is 12.9. The Hall–Kier alpha value is -2.93. The molecule has 1 aliphatic heterocycles. The highest BCUT2D eigenvalue weighted by molar-refractivity contribution is 6.32. The summed E-state index contributed by atoms with van der Waals surface area (Å²) < 4.78 is 1.64. The summed E-state index contributed by atoms with van der Waals surface area (Å²) in [6.07, 6.45) is 1.77. The molecule has 1 fully saturated rings. The molecule has 156 valence electrons. The molecule has 1 amide bonds. The zero-order valence-electron chi connectivity index (χ0n) is 17.4. The lowest BCUT2D eigenvalue weighted by atomic mass is 10.2. The maximum Gasteiger partial charge on any atom is 0.274 e. The first-order chi connectivity index (χ1) is 14.4. The van der Waals surface area contributed by atoms with Gasteiger partial charge in [0.15, 0.2) is 5.69 Å². The fraction of sp³-hybridized carbons (Fsp3) is 0.364. The van der Waals surface area contributed by atoms with E-state index in [4.69, 9.17) is 16.6 Å². The van der Waals surface area contributed by atoms with Crippen molar-refractivity contribution in [3.8, 4) is 5.69 Å². The first-order valence-corrected chi connectivity index (χ1v) is 10.5. The van der Waals surface area contributed by atoms with Crippen molar-refractivity contribution in [2.24, 2.45) is 0 Å². The number of nitrogens with zero attached hydrogens (tertiary/aromatic N) is 6. The molecular weight excluding hydrogens is 400 g/mol. The fourth-order valence-electron chi connectivity index (χ4n) is 3.50. The molecular formula is C22H25ClN6O. The zero-order chi connectivity index (χ0) is 21.3. The molecule has 0 aliphatic carbocycles. The molecule has 2 aromatic heterocycles. The van der Waals surface area contributed by atoms with Gasteiger partial charge in [0.1, 0.15) is 11.6 Å². The number of aryl methyl sites for hydroxylation is 1. The molecule has 3 heterocycles. The first-order valence-electron chi connectivity index (χ1n) is 10.1. The quantitative estimate of drug-likeness (QED) is 0.638. The Kier molecular flexibility index (Phi) is 5.72. The van der Waals surface area contributed by atoms with Gasteiger partial charge in [-0.05, 0) is 25.1 Å². The Bertz CT molecular complexity index is 1060. The highest BCUT2D eigenvalue weighted by Crippen LogP contribution is 2.21. The van der Waals surface area contributed by atoms with Gasteiger partial charge in [-0.1, -0.05) is 37.6 Å². The van der Waals surface area contributed by atoms with Crippen molar-refractivity contribution >= 4 is 23.3 Å². The number of para-hydroxylation sites is 1. The Morgan fingerprint density at radius 1 is 1.07 bits per heavy atom. The van der Waals surface area contributed by atoms with Crippen molar-refractivity contribution in [1.82, 2.24) is 24.6 Å². The standard InChI is InChI=1S/C22H25ClN6O/c1-15(2)21-24-16(3)14-20(25-21)27-10-12-28(13-11-27)22(30)18-8-9-29(26-18)19-7-5-4-6-17(19)23/h4-9,14-15H,10-13H2,1-3H3. The highest BCUT2D eigenvalue weighted by atomic mass is 35.5. The van der Waals surface area contributed by atoms with Crippen molar-refractivity contribution in [1.29, 1.82) is 0 Å². The molecule has 4 rings (SSSR count). The van der Waals surface area contributed by atoms with E-state index in [1.165, 1.54) is 0 Å². The lowest BCUT2D eigenvalue weighted by Gasteiger charge is -2.35. The van der Waals surface area contributed by atoms with Crippen LogP contribution in [0.3, 0.4) is 0 Å². The van der Waals surface area contributed by atoms with Crippen LogP contribution in [0.15, 0.2) is 42.6 Å². The molecule has 0 saturated carbocycles. The summed E-state index contributed by atoms with van der Waals surface area (Å²) in [6, 6.07) is 11.2.